The first-order valence-electron chi connectivity index (χ1n) is 13.3. The highest BCUT2D eigenvalue weighted by molar-refractivity contribution is 7.09. The number of rotatable bonds is 4. The van der Waals surface area contributed by atoms with Gasteiger partial charge >= 0.3 is 6.18 Å². The van der Waals surface area contributed by atoms with Gasteiger partial charge in [-0.2, -0.15) is 13.2 Å². The van der Waals surface area contributed by atoms with Crippen molar-refractivity contribution in [2.45, 2.75) is 76.5 Å². The lowest BCUT2D eigenvalue weighted by atomic mass is 9.34. The van der Waals surface area contributed by atoms with E-state index in [1.807, 2.05) is 26.2 Å². The molecule has 4 aliphatic rings. The van der Waals surface area contributed by atoms with Crippen LogP contribution in [0.4, 0.5) is 13.2 Å². The maximum atomic E-state index is 13.7. The molecule has 12 heteroatoms. The minimum atomic E-state index is -4.21. The van der Waals surface area contributed by atoms with Crippen LogP contribution in [0.2, 0.25) is 0 Å². The normalized spacial score (nSPS) is 27.9. The first kappa shape index (κ1) is 25.7. The number of ether oxygens (including phenoxy) is 1. The number of pyridine rings is 1. The van der Waals surface area contributed by atoms with Gasteiger partial charge in [0.15, 0.2) is 11.5 Å². The summed E-state index contributed by atoms with van der Waals surface area (Å²) in [4.78, 5) is 36.1. The first-order valence-corrected chi connectivity index (χ1v) is 14.2. The van der Waals surface area contributed by atoms with Crippen molar-refractivity contribution in [3.63, 3.8) is 0 Å². The largest absolute Gasteiger partial charge is 0.394 e. The van der Waals surface area contributed by atoms with Gasteiger partial charge in [-0.15, -0.1) is 11.3 Å². The molecule has 3 aliphatic carbocycles. The second-order valence-electron chi connectivity index (χ2n) is 11.6. The van der Waals surface area contributed by atoms with E-state index in [-0.39, 0.29) is 36.8 Å². The fourth-order valence-corrected chi connectivity index (χ4v) is 7.21. The van der Waals surface area contributed by atoms with Gasteiger partial charge in [0, 0.05) is 35.6 Å². The van der Waals surface area contributed by atoms with E-state index in [0.717, 1.165) is 22.0 Å². The van der Waals surface area contributed by atoms with Crippen LogP contribution < -0.4 is 5.56 Å². The minimum absolute atomic E-state index is 0.0394. The maximum Gasteiger partial charge on any atom is 0.394 e. The van der Waals surface area contributed by atoms with Gasteiger partial charge in [0.05, 0.1) is 33.6 Å². The Hall–Kier alpha value is -3.25. The van der Waals surface area contributed by atoms with Crippen molar-refractivity contribution in [1.82, 2.24) is 29.5 Å². The molecule has 4 aromatic rings. The molecule has 4 fully saturated rings. The number of aryl methyl sites for hydroxylation is 3. The molecule has 8 rings (SSSR count). The van der Waals surface area contributed by atoms with Crippen LogP contribution in [-0.2, 0) is 10.2 Å². The van der Waals surface area contributed by atoms with Crippen LogP contribution >= 0.6 is 11.3 Å². The number of nitrogens with zero attached hydrogens (tertiary/aromatic N) is 6. The number of aromatic nitrogens is 6. The van der Waals surface area contributed by atoms with Crippen molar-refractivity contribution in [1.29, 1.82) is 0 Å². The summed E-state index contributed by atoms with van der Waals surface area (Å²) in [7, 11) is 0. The highest BCUT2D eigenvalue weighted by Gasteiger charge is 2.79. The topological polar surface area (TPSA) is 95.7 Å². The summed E-state index contributed by atoms with van der Waals surface area (Å²) >= 11 is 1.47. The molecule has 5 heterocycles. The van der Waals surface area contributed by atoms with Gasteiger partial charge in [0.2, 0.25) is 0 Å². The summed E-state index contributed by atoms with van der Waals surface area (Å²) in [5.41, 5.74) is 1.44. The van der Waals surface area contributed by atoms with Crippen molar-refractivity contribution in [2.24, 2.45) is 5.41 Å². The third-order valence-corrected chi connectivity index (χ3v) is 9.66. The molecule has 8 nitrogen and oxygen atoms in total. The van der Waals surface area contributed by atoms with E-state index < -0.39 is 17.0 Å². The maximum absolute atomic E-state index is 13.7. The predicted molar refractivity (Wildman–Crippen MR) is 142 cm³/mol. The molecule has 0 amide bonds. The van der Waals surface area contributed by atoms with E-state index in [9.17, 15) is 18.0 Å². The van der Waals surface area contributed by atoms with Crippen molar-refractivity contribution < 1.29 is 17.9 Å². The Balaban J connectivity index is 1.24. The molecular formula is C28H27F3N6O2S. The van der Waals surface area contributed by atoms with E-state index in [1.165, 1.54) is 22.0 Å². The Morgan fingerprint density at radius 3 is 2.48 bits per heavy atom. The molecule has 1 saturated heterocycles. The van der Waals surface area contributed by atoms with Gasteiger partial charge in [-0.1, -0.05) is 0 Å². The van der Waals surface area contributed by atoms with Crippen molar-refractivity contribution >= 4 is 22.5 Å². The quantitative estimate of drug-likeness (QED) is 0.318. The number of thiazole rings is 1. The highest BCUT2D eigenvalue weighted by Crippen LogP contribution is 2.78. The molecule has 1 aliphatic heterocycles. The van der Waals surface area contributed by atoms with Gasteiger partial charge in [-0.25, -0.2) is 24.9 Å². The van der Waals surface area contributed by atoms with E-state index >= 15 is 0 Å². The van der Waals surface area contributed by atoms with Crippen molar-refractivity contribution in [3.05, 3.63) is 67.5 Å². The molecule has 2 unspecified atom stereocenters. The van der Waals surface area contributed by atoms with Gasteiger partial charge in [-0.3, -0.25) is 9.36 Å². The number of hydrogen-bond donors (Lipinski definition) is 0. The summed E-state index contributed by atoms with van der Waals surface area (Å²) in [6, 6.07) is 3.29. The standard InChI is InChI=1S/C28H27F3N6O2S/c1-14-15(2)33-25-22(32-14)23(26-11-27(12-26,13-26)28(29,30)31)35-24(36-25)17-6-7-39-19(8-17)18-4-5-21(38)37(9-18)20-10-40-16(3)34-20/h4-5,9-10,17,19H,6-8,11-13H2,1-3H3. The van der Waals surface area contributed by atoms with E-state index in [1.54, 1.807) is 12.3 Å². The first-order chi connectivity index (χ1) is 19.0. The zero-order valence-electron chi connectivity index (χ0n) is 22.2. The Labute approximate surface area is 231 Å². The molecule has 208 valence electrons. The monoisotopic (exact) mass is 568 g/mol. The van der Waals surface area contributed by atoms with Gasteiger partial charge in [0.1, 0.15) is 11.3 Å². The second-order valence-corrected chi connectivity index (χ2v) is 12.6. The zero-order chi connectivity index (χ0) is 28.0. The minimum Gasteiger partial charge on any atom is -0.373 e. The summed E-state index contributed by atoms with van der Waals surface area (Å²) in [5.74, 6) is 1.06. The predicted octanol–water partition coefficient (Wildman–Crippen LogP) is 5.57. The molecule has 2 atom stereocenters. The summed E-state index contributed by atoms with van der Waals surface area (Å²) < 4.78 is 48.7. The van der Waals surface area contributed by atoms with E-state index in [2.05, 4.69) is 9.97 Å². The number of alkyl halides is 3. The van der Waals surface area contributed by atoms with Crippen molar-refractivity contribution in [3.8, 4) is 5.82 Å². The van der Waals surface area contributed by atoms with Crippen LogP contribution in [0.15, 0.2) is 28.5 Å². The SMILES string of the molecule is Cc1nc(-n2cc(C3CC(c4nc(C56CC(C(F)(F)F)(C5)C6)c5nc(C)c(C)nc5n4)CCO3)ccc2=O)cs1. The van der Waals surface area contributed by atoms with E-state index in [0.29, 0.717) is 47.9 Å². The molecule has 0 N–H and O–H groups in total. The Bertz CT molecular complexity index is 1710. The fraction of sp³-hybridized carbons (Fsp3) is 0.500. The van der Waals surface area contributed by atoms with Crippen LogP contribution in [0.5, 0.6) is 0 Å². The number of halogens is 3. The molecule has 2 bridgehead atoms. The van der Waals surface area contributed by atoms with Crippen LogP contribution in [0.1, 0.15) is 77.6 Å². The highest BCUT2D eigenvalue weighted by atomic mass is 32.1. The molecule has 0 radical (unpaired) electrons. The number of hydrogen-bond acceptors (Lipinski definition) is 8. The lowest BCUT2D eigenvalue weighted by molar-refractivity contribution is -0.337. The lowest BCUT2D eigenvalue weighted by Gasteiger charge is -2.70. The van der Waals surface area contributed by atoms with Crippen LogP contribution in [0.25, 0.3) is 17.0 Å². The second kappa shape index (κ2) is 8.62. The molecule has 40 heavy (non-hydrogen) atoms. The molecule has 0 aromatic carbocycles. The average molecular weight is 569 g/mol. The van der Waals surface area contributed by atoms with Crippen molar-refractivity contribution in [2.75, 3.05) is 6.61 Å². The average Bonchev–Trinajstić information content (AvgIpc) is 3.28. The molecular weight excluding hydrogens is 541 g/mol. The smallest absolute Gasteiger partial charge is 0.373 e. The van der Waals surface area contributed by atoms with Crippen LogP contribution in [0.3, 0.4) is 0 Å². The summed E-state index contributed by atoms with van der Waals surface area (Å²) in [5, 5.41) is 2.71. The van der Waals surface area contributed by atoms with Crippen LogP contribution in [0, 0.1) is 26.2 Å². The molecule has 4 aromatic heterocycles. The van der Waals surface area contributed by atoms with Gasteiger partial charge in [0.25, 0.3) is 5.56 Å². The molecule has 3 saturated carbocycles. The Morgan fingerprint density at radius 1 is 1.02 bits per heavy atom. The van der Waals surface area contributed by atoms with Gasteiger partial charge in [-0.05, 0) is 64.5 Å². The lowest BCUT2D eigenvalue weighted by Crippen LogP contribution is -2.70. The van der Waals surface area contributed by atoms with Gasteiger partial charge < -0.3 is 4.74 Å². The third kappa shape index (κ3) is 3.82. The van der Waals surface area contributed by atoms with E-state index in [4.69, 9.17) is 19.7 Å². The van der Waals surface area contributed by atoms with Crippen LogP contribution in [-0.4, -0.2) is 42.3 Å². The molecule has 0 spiro atoms. The number of fused-ring (bicyclic) bond motifs is 1. The summed E-state index contributed by atoms with van der Waals surface area (Å²) in [6.07, 6.45) is -1.39. The summed E-state index contributed by atoms with van der Waals surface area (Å²) in [6.45, 7) is 6.04. The Morgan fingerprint density at radius 2 is 1.77 bits per heavy atom. The third-order valence-electron chi connectivity index (χ3n) is 8.90. The Kier molecular flexibility index (Phi) is 5.54. The zero-order valence-corrected chi connectivity index (χ0v) is 23.1. The fourth-order valence-electron chi connectivity index (χ4n) is 6.62.